The number of piperidine rings is 1. The summed E-state index contributed by atoms with van der Waals surface area (Å²) in [6, 6.07) is 0. The molecule has 0 radical (unpaired) electrons. The molecule has 0 atom stereocenters. The van der Waals surface area contributed by atoms with E-state index in [2.05, 4.69) is 21.9 Å². The Bertz CT molecular complexity index is 452. The summed E-state index contributed by atoms with van der Waals surface area (Å²) in [6.45, 7) is 7.62. The molecule has 1 rings (SSSR count). The van der Waals surface area contributed by atoms with Crippen LogP contribution in [-0.2, 0) is 19.1 Å². The molecule has 0 unspecified atom stereocenters. The van der Waals surface area contributed by atoms with Gasteiger partial charge in [0.25, 0.3) is 0 Å². The molecule has 0 aromatic rings. The summed E-state index contributed by atoms with van der Waals surface area (Å²) in [5.74, 6) is 0.748. The molecule has 0 aromatic carbocycles. The third kappa shape index (κ3) is 10.8. The van der Waals surface area contributed by atoms with Gasteiger partial charge in [-0.2, -0.15) is 0 Å². The molecule has 1 saturated heterocycles. The lowest BCUT2D eigenvalue weighted by molar-refractivity contribution is -0.149. The van der Waals surface area contributed by atoms with Crippen molar-refractivity contribution in [3.63, 3.8) is 0 Å². The second-order valence-electron chi connectivity index (χ2n) is 6.49. The van der Waals surface area contributed by atoms with Gasteiger partial charge < -0.3 is 19.7 Å². The topological polar surface area (TPSA) is 80.2 Å². The Hall–Kier alpha value is -1.06. The molecule has 1 aliphatic heterocycles. The highest BCUT2D eigenvalue weighted by Gasteiger charge is 2.27. The number of unbranched alkanes of at least 4 members (excludes halogenated alkanes) is 3. The van der Waals surface area contributed by atoms with Crippen LogP contribution in [0.5, 0.6) is 0 Å². The SMILES string of the molecule is CCNC(=NCCCCCCC(=O)OC)N1CCC(C(=O)OCC)CC1.I. The first-order valence-corrected chi connectivity index (χ1v) is 9.89. The van der Waals surface area contributed by atoms with Gasteiger partial charge in [-0.15, -0.1) is 24.0 Å². The Morgan fingerprint density at radius 3 is 2.37 bits per heavy atom. The van der Waals surface area contributed by atoms with E-state index in [9.17, 15) is 9.59 Å². The van der Waals surface area contributed by atoms with Gasteiger partial charge in [-0.25, -0.2) is 0 Å². The van der Waals surface area contributed by atoms with Crippen molar-refractivity contribution in [2.45, 2.75) is 58.8 Å². The molecule has 0 spiro atoms. The Kier molecular flexibility index (Phi) is 15.3. The molecule has 27 heavy (non-hydrogen) atoms. The van der Waals surface area contributed by atoms with Gasteiger partial charge >= 0.3 is 11.9 Å². The van der Waals surface area contributed by atoms with Crippen LogP contribution in [0.4, 0.5) is 0 Å². The maximum absolute atomic E-state index is 11.8. The van der Waals surface area contributed by atoms with Crippen LogP contribution in [0.2, 0.25) is 0 Å². The molecule has 0 bridgehead atoms. The van der Waals surface area contributed by atoms with E-state index in [0.29, 0.717) is 13.0 Å². The van der Waals surface area contributed by atoms with Crippen molar-refractivity contribution in [3.05, 3.63) is 0 Å². The molecule has 1 heterocycles. The number of nitrogens with zero attached hydrogens (tertiary/aromatic N) is 2. The van der Waals surface area contributed by atoms with E-state index in [0.717, 1.165) is 70.7 Å². The van der Waals surface area contributed by atoms with E-state index in [-0.39, 0.29) is 41.8 Å². The highest BCUT2D eigenvalue weighted by Crippen LogP contribution is 2.18. The standard InChI is InChI=1S/C19H35N3O4.HI/c1-4-20-19(21-13-9-7-6-8-10-17(23)25-3)22-14-11-16(12-15-22)18(24)26-5-2;/h16H,4-15H2,1-3H3,(H,20,21);1H. The van der Waals surface area contributed by atoms with Gasteiger partial charge in [-0.05, 0) is 39.5 Å². The van der Waals surface area contributed by atoms with Crippen LogP contribution in [-0.4, -0.2) is 62.7 Å². The van der Waals surface area contributed by atoms with Gasteiger partial charge in [0, 0.05) is 32.6 Å². The van der Waals surface area contributed by atoms with E-state index in [4.69, 9.17) is 9.73 Å². The Labute approximate surface area is 180 Å². The summed E-state index contributed by atoms with van der Waals surface area (Å²) in [7, 11) is 1.43. The average molecular weight is 497 g/mol. The van der Waals surface area contributed by atoms with Crippen LogP contribution in [0.1, 0.15) is 58.8 Å². The molecule has 0 aliphatic carbocycles. The number of likely N-dealkylation sites (tertiary alicyclic amines) is 1. The fourth-order valence-corrected chi connectivity index (χ4v) is 3.03. The molecule has 1 N–H and O–H groups in total. The fourth-order valence-electron chi connectivity index (χ4n) is 3.03. The molecule has 7 nitrogen and oxygen atoms in total. The molecular formula is C19H36IN3O4. The molecular weight excluding hydrogens is 461 g/mol. The van der Waals surface area contributed by atoms with Gasteiger partial charge in [-0.1, -0.05) is 12.8 Å². The Balaban J connectivity index is 0.00000676. The molecule has 8 heteroatoms. The number of halogens is 1. The lowest BCUT2D eigenvalue weighted by Gasteiger charge is -2.33. The minimum atomic E-state index is -0.135. The lowest BCUT2D eigenvalue weighted by atomic mass is 9.97. The van der Waals surface area contributed by atoms with Gasteiger partial charge in [0.15, 0.2) is 5.96 Å². The van der Waals surface area contributed by atoms with Crippen molar-refractivity contribution in [3.8, 4) is 0 Å². The summed E-state index contributed by atoms with van der Waals surface area (Å²) in [4.78, 5) is 29.8. The zero-order chi connectivity index (χ0) is 19.2. The number of ether oxygens (including phenoxy) is 2. The number of hydrogen-bond donors (Lipinski definition) is 1. The summed E-state index contributed by atoms with van der Waals surface area (Å²) in [5.41, 5.74) is 0. The van der Waals surface area contributed by atoms with Crippen molar-refractivity contribution < 1.29 is 19.1 Å². The fraction of sp³-hybridized carbons (Fsp3) is 0.842. The average Bonchev–Trinajstić information content (AvgIpc) is 2.66. The normalized spacial score (nSPS) is 15.1. The van der Waals surface area contributed by atoms with Crippen molar-refractivity contribution in [2.75, 3.05) is 39.9 Å². The summed E-state index contributed by atoms with van der Waals surface area (Å²) in [6.07, 6.45) is 6.09. The van der Waals surface area contributed by atoms with Crippen LogP contribution < -0.4 is 5.32 Å². The van der Waals surface area contributed by atoms with Crippen molar-refractivity contribution in [2.24, 2.45) is 10.9 Å². The monoisotopic (exact) mass is 497 g/mol. The molecule has 1 fully saturated rings. The van der Waals surface area contributed by atoms with E-state index in [1.54, 1.807) is 0 Å². The van der Waals surface area contributed by atoms with E-state index in [1.165, 1.54) is 7.11 Å². The first-order valence-electron chi connectivity index (χ1n) is 9.89. The maximum atomic E-state index is 11.8. The second-order valence-corrected chi connectivity index (χ2v) is 6.49. The maximum Gasteiger partial charge on any atom is 0.309 e. The van der Waals surface area contributed by atoms with Gasteiger partial charge in [0.05, 0.1) is 19.6 Å². The minimum Gasteiger partial charge on any atom is -0.469 e. The number of methoxy groups -OCH3 is 1. The second kappa shape index (κ2) is 15.9. The minimum absolute atomic E-state index is 0. The number of guanidine groups is 1. The number of nitrogens with one attached hydrogen (secondary N) is 1. The van der Waals surface area contributed by atoms with E-state index < -0.39 is 0 Å². The summed E-state index contributed by atoms with van der Waals surface area (Å²) < 4.78 is 9.76. The summed E-state index contributed by atoms with van der Waals surface area (Å²) >= 11 is 0. The van der Waals surface area contributed by atoms with Crippen LogP contribution in [0.25, 0.3) is 0 Å². The van der Waals surface area contributed by atoms with Gasteiger partial charge in [0.1, 0.15) is 0 Å². The zero-order valence-electron chi connectivity index (χ0n) is 17.0. The van der Waals surface area contributed by atoms with Gasteiger partial charge in [-0.3, -0.25) is 14.6 Å². The third-order valence-corrected chi connectivity index (χ3v) is 4.53. The molecule has 1 aliphatic rings. The smallest absolute Gasteiger partial charge is 0.309 e. The van der Waals surface area contributed by atoms with Crippen LogP contribution in [0.3, 0.4) is 0 Å². The molecule has 0 amide bonds. The Morgan fingerprint density at radius 1 is 1.11 bits per heavy atom. The predicted molar refractivity (Wildman–Crippen MR) is 117 cm³/mol. The highest BCUT2D eigenvalue weighted by molar-refractivity contribution is 14.0. The highest BCUT2D eigenvalue weighted by atomic mass is 127. The van der Waals surface area contributed by atoms with Crippen LogP contribution in [0.15, 0.2) is 4.99 Å². The molecule has 158 valence electrons. The van der Waals surface area contributed by atoms with E-state index >= 15 is 0 Å². The number of esters is 2. The van der Waals surface area contributed by atoms with Crippen LogP contribution >= 0.6 is 24.0 Å². The van der Waals surface area contributed by atoms with E-state index in [1.807, 2.05) is 6.92 Å². The van der Waals surface area contributed by atoms with Crippen LogP contribution in [0, 0.1) is 5.92 Å². The number of aliphatic imine (C=N–C) groups is 1. The largest absolute Gasteiger partial charge is 0.469 e. The third-order valence-electron chi connectivity index (χ3n) is 4.53. The van der Waals surface area contributed by atoms with Gasteiger partial charge in [0.2, 0.25) is 0 Å². The van der Waals surface area contributed by atoms with Crippen molar-refractivity contribution in [1.29, 1.82) is 0 Å². The quantitative estimate of drug-likeness (QED) is 0.164. The van der Waals surface area contributed by atoms with Crippen molar-refractivity contribution in [1.82, 2.24) is 10.2 Å². The number of hydrogen-bond acceptors (Lipinski definition) is 5. The lowest BCUT2D eigenvalue weighted by Crippen LogP contribution is -2.46. The number of carbonyl (C=O) groups excluding carboxylic acids is 2. The van der Waals surface area contributed by atoms with Crippen molar-refractivity contribution >= 4 is 41.9 Å². The molecule has 0 aromatic heterocycles. The Morgan fingerprint density at radius 2 is 1.78 bits per heavy atom. The number of rotatable bonds is 10. The predicted octanol–water partition coefficient (Wildman–Crippen LogP) is 2.97. The number of carbonyl (C=O) groups is 2. The zero-order valence-corrected chi connectivity index (χ0v) is 19.3. The summed E-state index contributed by atoms with van der Waals surface area (Å²) in [5, 5.41) is 3.34. The molecule has 0 saturated carbocycles. The first kappa shape index (κ1) is 25.9. The first-order chi connectivity index (χ1) is 12.6.